The molecule has 0 spiro atoms. The van der Waals surface area contributed by atoms with Crippen LogP contribution >= 0.6 is 0 Å². The quantitative estimate of drug-likeness (QED) is 0.762. The van der Waals surface area contributed by atoms with E-state index in [-0.39, 0.29) is 11.9 Å². The molecule has 30 heavy (non-hydrogen) atoms. The highest BCUT2D eigenvalue weighted by Crippen LogP contribution is 2.25. The van der Waals surface area contributed by atoms with Gasteiger partial charge in [-0.05, 0) is 19.1 Å². The number of para-hydroxylation sites is 1. The molecule has 3 amide bonds. The van der Waals surface area contributed by atoms with Crippen molar-refractivity contribution in [2.24, 2.45) is 0 Å². The van der Waals surface area contributed by atoms with Crippen LogP contribution in [0.1, 0.15) is 6.92 Å². The molecule has 1 aliphatic heterocycles. The number of hydrogen-bond acceptors (Lipinski definition) is 5. The Bertz CT molecular complexity index is 844. The molecule has 1 aliphatic rings. The number of rotatable bonds is 6. The highest BCUT2D eigenvalue weighted by molar-refractivity contribution is 5.97. The Morgan fingerprint density at radius 3 is 2.10 bits per heavy atom. The normalized spacial score (nSPS) is 14.6. The van der Waals surface area contributed by atoms with Gasteiger partial charge in [0.25, 0.3) is 0 Å². The molecule has 160 valence electrons. The smallest absolute Gasteiger partial charge is 0.318 e. The van der Waals surface area contributed by atoms with E-state index in [2.05, 4.69) is 27.7 Å². The number of methoxy groups -OCH3 is 2. The molecule has 1 atom stereocenters. The Morgan fingerprint density at radius 1 is 0.933 bits per heavy atom. The molecule has 2 aromatic carbocycles. The molecule has 8 nitrogen and oxygen atoms in total. The first-order chi connectivity index (χ1) is 14.5. The van der Waals surface area contributed by atoms with Gasteiger partial charge in [-0.3, -0.25) is 4.79 Å². The number of urea groups is 1. The zero-order valence-corrected chi connectivity index (χ0v) is 17.6. The summed E-state index contributed by atoms with van der Waals surface area (Å²) in [5.41, 5.74) is 1.69. The van der Waals surface area contributed by atoms with Crippen LogP contribution in [-0.4, -0.2) is 63.3 Å². The molecule has 0 unspecified atom stereocenters. The first-order valence-electron chi connectivity index (χ1n) is 9.89. The summed E-state index contributed by atoms with van der Waals surface area (Å²) in [7, 11) is 3.08. The standard InChI is InChI=1S/C22H28N4O4/c1-16(21(27)24-17-13-19(29-2)15-20(14-17)30-3)23-22(28)26-11-9-25(10-12-26)18-7-5-4-6-8-18/h4-8,13-16H,9-12H2,1-3H3,(H,23,28)(H,24,27)/t16-/m0/s1. The molecular weight excluding hydrogens is 384 g/mol. The summed E-state index contributed by atoms with van der Waals surface area (Å²) >= 11 is 0. The van der Waals surface area contributed by atoms with Crippen molar-refractivity contribution < 1.29 is 19.1 Å². The van der Waals surface area contributed by atoms with Crippen LogP contribution in [0, 0.1) is 0 Å². The molecular formula is C22H28N4O4. The van der Waals surface area contributed by atoms with Gasteiger partial charge in [0, 0.05) is 55.8 Å². The molecule has 0 bridgehead atoms. The third-order valence-electron chi connectivity index (χ3n) is 5.04. The van der Waals surface area contributed by atoms with E-state index in [9.17, 15) is 9.59 Å². The van der Waals surface area contributed by atoms with E-state index in [1.54, 1.807) is 44.2 Å². The summed E-state index contributed by atoms with van der Waals surface area (Å²) < 4.78 is 10.4. The van der Waals surface area contributed by atoms with Crippen molar-refractivity contribution in [3.05, 3.63) is 48.5 Å². The van der Waals surface area contributed by atoms with Crippen LogP contribution in [0.3, 0.4) is 0 Å². The van der Waals surface area contributed by atoms with E-state index in [4.69, 9.17) is 9.47 Å². The van der Waals surface area contributed by atoms with Gasteiger partial charge in [-0.25, -0.2) is 4.79 Å². The maximum Gasteiger partial charge on any atom is 0.318 e. The highest BCUT2D eigenvalue weighted by Gasteiger charge is 2.24. The third-order valence-corrected chi connectivity index (χ3v) is 5.04. The van der Waals surface area contributed by atoms with Crippen LogP contribution in [-0.2, 0) is 4.79 Å². The maximum absolute atomic E-state index is 12.6. The summed E-state index contributed by atoms with van der Waals surface area (Å²) in [6.45, 7) is 4.36. The van der Waals surface area contributed by atoms with Crippen LogP contribution < -0.4 is 25.0 Å². The van der Waals surface area contributed by atoms with Crippen LogP contribution in [0.5, 0.6) is 11.5 Å². The second kappa shape index (κ2) is 9.87. The maximum atomic E-state index is 12.6. The minimum absolute atomic E-state index is 0.242. The molecule has 1 heterocycles. The lowest BCUT2D eigenvalue weighted by Crippen LogP contribution is -2.54. The minimum Gasteiger partial charge on any atom is -0.497 e. The summed E-state index contributed by atoms with van der Waals surface area (Å²) in [6.07, 6.45) is 0. The van der Waals surface area contributed by atoms with Gasteiger partial charge in [-0.2, -0.15) is 0 Å². The monoisotopic (exact) mass is 412 g/mol. The third kappa shape index (κ3) is 5.34. The van der Waals surface area contributed by atoms with Crippen molar-refractivity contribution in [1.82, 2.24) is 10.2 Å². The van der Waals surface area contributed by atoms with Gasteiger partial charge in [-0.1, -0.05) is 18.2 Å². The fourth-order valence-electron chi connectivity index (χ4n) is 3.28. The Balaban J connectivity index is 1.51. The number of carbonyl (C=O) groups is 2. The van der Waals surface area contributed by atoms with E-state index in [0.717, 1.165) is 18.8 Å². The summed E-state index contributed by atoms with van der Waals surface area (Å²) in [5, 5.41) is 5.56. The number of nitrogens with one attached hydrogen (secondary N) is 2. The number of anilines is 2. The Morgan fingerprint density at radius 2 is 1.53 bits per heavy atom. The van der Waals surface area contributed by atoms with Crippen LogP contribution in [0.25, 0.3) is 0 Å². The van der Waals surface area contributed by atoms with E-state index in [1.807, 2.05) is 18.2 Å². The Hall–Kier alpha value is -3.42. The Labute approximate surface area is 176 Å². The van der Waals surface area contributed by atoms with Gasteiger partial charge in [0.15, 0.2) is 0 Å². The van der Waals surface area contributed by atoms with Crippen molar-refractivity contribution in [3.63, 3.8) is 0 Å². The van der Waals surface area contributed by atoms with Gasteiger partial charge in [0.2, 0.25) is 5.91 Å². The van der Waals surface area contributed by atoms with Crippen molar-refractivity contribution in [2.45, 2.75) is 13.0 Å². The number of ether oxygens (including phenoxy) is 2. The van der Waals surface area contributed by atoms with Crippen molar-refractivity contribution in [3.8, 4) is 11.5 Å². The largest absolute Gasteiger partial charge is 0.497 e. The van der Waals surface area contributed by atoms with E-state index in [0.29, 0.717) is 30.3 Å². The first-order valence-corrected chi connectivity index (χ1v) is 9.89. The topological polar surface area (TPSA) is 83.1 Å². The van der Waals surface area contributed by atoms with Gasteiger partial charge in [-0.15, -0.1) is 0 Å². The predicted molar refractivity (Wildman–Crippen MR) is 116 cm³/mol. The molecule has 0 aromatic heterocycles. The molecule has 0 radical (unpaired) electrons. The number of hydrogen-bond donors (Lipinski definition) is 2. The number of carbonyl (C=O) groups excluding carboxylic acids is 2. The molecule has 2 N–H and O–H groups in total. The van der Waals surface area contributed by atoms with Crippen LogP contribution in [0.2, 0.25) is 0 Å². The lowest BCUT2D eigenvalue weighted by atomic mass is 10.2. The summed E-state index contributed by atoms with van der Waals surface area (Å²) in [6, 6.07) is 14.3. The molecule has 0 saturated carbocycles. The van der Waals surface area contributed by atoms with E-state index in [1.165, 1.54) is 0 Å². The summed E-state index contributed by atoms with van der Waals surface area (Å²) in [4.78, 5) is 29.1. The highest BCUT2D eigenvalue weighted by atomic mass is 16.5. The molecule has 3 rings (SSSR count). The van der Waals surface area contributed by atoms with Gasteiger partial charge < -0.3 is 29.9 Å². The van der Waals surface area contributed by atoms with E-state index < -0.39 is 6.04 Å². The fraction of sp³-hybridized carbons (Fsp3) is 0.364. The lowest BCUT2D eigenvalue weighted by Gasteiger charge is -2.36. The Kier molecular flexibility index (Phi) is 7.00. The number of piperazine rings is 1. The lowest BCUT2D eigenvalue weighted by molar-refractivity contribution is -0.117. The fourth-order valence-corrected chi connectivity index (χ4v) is 3.28. The average molecular weight is 412 g/mol. The summed E-state index contributed by atoms with van der Waals surface area (Å²) in [5.74, 6) is 0.817. The van der Waals surface area contributed by atoms with Crippen molar-refractivity contribution in [1.29, 1.82) is 0 Å². The molecule has 8 heteroatoms. The molecule has 0 aliphatic carbocycles. The van der Waals surface area contributed by atoms with Crippen LogP contribution in [0.4, 0.5) is 16.2 Å². The second-order valence-electron chi connectivity index (χ2n) is 7.07. The zero-order valence-electron chi connectivity index (χ0n) is 17.6. The van der Waals surface area contributed by atoms with E-state index >= 15 is 0 Å². The van der Waals surface area contributed by atoms with Gasteiger partial charge in [0.05, 0.1) is 14.2 Å². The minimum atomic E-state index is -0.693. The molecule has 2 aromatic rings. The molecule has 1 saturated heterocycles. The number of amides is 3. The average Bonchev–Trinajstić information content (AvgIpc) is 2.79. The van der Waals surface area contributed by atoms with Crippen molar-refractivity contribution >= 4 is 23.3 Å². The number of benzene rings is 2. The second-order valence-corrected chi connectivity index (χ2v) is 7.07. The SMILES string of the molecule is COc1cc(NC(=O)[C@H](C)NC(=O)N2CCN(c3ccccc3)CC2)cc(OC)c1. The van der Waals surface area contributed by atoms with Gasteiger partial charge >= 0.3 is 6.03 Å². The number of nitrogens with zero attached hydrogens (tertiary/aromatic N) is 2. The first kappa shape index (κ1) is 21.3. The molecule has 1 fully saturated rings. The van der Waals surface area contributed by atoms with Gasteiger partial charge in [0.1, 0.15) is 17.5 Å². The zero-order chi connectivity index (χ0) is 21.5. The van der Waals surface area contributed by atoms with Crippen LogP contribution in [0.15, 0.2) is 48.5 Å². The predicted octanol–water partition coefficient (Wildman–Crippen LogP) is 2.56. The van der Waals surface area contributed by atoms with Crippen molar-refractivity contribution in [2.75, 3.05) is 50.6 Å².